The first-order chi connectivity index (χ1) is 12.5. The van der Waals surface area contributed by atoms with Crippen LogP contribution < -0.4 is 0 Å². The first-order valence-electron chi connectivity index (χ1n) is 8.91. The number of rotatable bonds is 7. The van der Waals surface area contributed by atoms with Crippen LogP contribution >= 0.6 is 0 Å². The van der Waals surface area contributed by atoms with E-state index in [2.05, 4.69) is 5.10 Å². The van der Waals surface area contributed by atoms with Crippen LogP contribution in [-0.2, 0) is 23.3 Å². The Morgan fingerprint density at radius 2 is 1.96 bits per heavy atom. The average molecular weight is 399 g/mol. The zero-order chi connectivity index (χ0) is 20.2. The fourth-order valence-corrected chi connectivity index (χ4v) is 6.38. The number of hydrogen-bond donors (Lipinski definition) is 2. The van der Waals surface area contributed by atoms with Crippen LogP contribution in [0.1, 0.15) is 59.7 Å². The number of aliphatic hydroxyl groups is 1. The summed E-state index contributed by atoms with van der Waals surface area (Å²) in [5.41, 5.74) is 0.486. The van der Waals surface area contributed by atoms with Gasteiger partial charge in [-0.2, -0.15) is 5.10 Å². The van der Waals surface area contributed by atoms with Crippen LogP contribution in [0.15, 0.2) is 0 Å². The Kier molecular flexibility index (Phi) is 4.62. The minimum Gasteiger partial charge on any atom is -0.476 e. The number of hydrogen-bond acceptors (Lipinski definition) is 6. The number of carboxylic acid groups (broad SMARTS) is 1. The van der Waals surface area contributed by atoms with Crippen molar-refractivity contribution in [3.63, 3.8) is 0 Å². The third kappa shape index (κ3) is 2.94. The van der Waals surface area contributed by atoms with Gasteiger partial charge in [0.15, 0.2) is 15.5 Å². The van der Waals surface area contributed by atoms with Gasteiger partial charge in [-0.05, 0) is 39.5 Å². The quantitative estimate of drug-likeness (QED) is 0.671. The summed E-state index contributed by atoms with van der Waals surface area (Å²) >= 11 is 0. The Morgan fingerprint density at radius 3 is 2.48 bits per heavy atom. The zero-order valence-electron chi connectivity index (χ0n) is 15.7. The SMILES string of the molecule is Cn1nc(C(=O)O)c2c1C(=O)N(CC1(S(=O)(=O)C(C)(C)CCO)CC1)CC2. The summed E-state index contributed by atoms with van der Waals surface area (Å²) in [5.74, 6) is -1.57. The largest absolute Gasteiger partial charge is 0.476 e. The molecule has 1 aromatic rings. The molecule has 1 aliphatic heterocycles. The molecule has 0 unspecified atom stereocenters. The van der Waals surface area contributed by atoms with E-state index in [-0.39, 0.29) is 43.4 Å². The van der Waals surface area contributed by atoms with E-state index in [1.54, 1.807) is 13.8 Å². The van der Waals surface area contributed by atoms with Gasteiger partial charge in [-0.25, -0.2) is 13.2 Å². The number of fused-ring (bicyclic) bond motifs is 1. The molecule has 1 amide bonds. The highest BCUT2D eigenvalue weighted by atomic mass is 32.2. The second kappa shape index (κ2) is 6.30. The summed E-state index contributed by atoms with van der Waals surface area (Å²) in [4.78, 5) is 25.7. The van der Waals surface area contributed by atoms with Crippen LogP contribution in [0.3, 0.4) is 0 Å². The van der Waals surface area contributed by atoms with Crippen molar-refractivity contribution in [3.8, 4) is 0 Å². The number of aromatic nitrogens is 2. The van der Waals surface area contributed by atoms with Gasteiger partial charge >= 0.3 is 5.97 Å². The lowest BCUT2D eigenvalue weighted by atomic mass is 10.0. The second-order valence-electron chi connectivity index (χ2n) is 8.00. The maximum atomic E-state index is 13.2. The van der Waals surface area contributed by atoms with E-state index in [1.165, 1.54) is 16.6 Å². The van der Waals surface area contributed by atoms with E-state index in [1.807, 2.05) is 0 Å². The van der Waals surface area contributed by atoms with Crippen molar-refractivity contribution in [2.24, 2.45) is 7.05 Å². The summed E-state index contributed by atoms with van der Waals surface area (Å²) in [6.07, 6.45) is 1.42. The second-order valence-corrected chi connectivity index (χ2v) is 11.0. The van der Waals surface area contributed by atoms with Crippen molar-refractivity contribution in [3.05, 3.63) is 17.0 Å². The van der Waals surface area contributed by atoms with Gasteiger partial charge in [-0.1, -0.05) is 0 Å². The van der Waals surface area contributed by atoms with E-state index >= 15 is 0 Å². The van der Waals surface area contributed by atoms with Crippen molar-refractivity contribution in [2.45, 2.75) is 49.0 Å². The molecule has 1 saturated carbocycles. The van der Waals surface area contributed by atoms with E-state index in [9.17, 15) is 28.2 Å². The number of aliphatic hydroxyl groups excluding tert-OH is 1. The summed E-state index contributed by atoms with van der Waals surface area (Å²) in [6.45, 7) is 3.33. The first-order valence-corrected chi connectivity index (χ1v) is 10.4. The Bertz CT molecular complexity index is 898. The van der Waals surface area contributed by atoms with Crippen LogP contribution in [0.4, 0.5) is 0 Å². The zero-order valence-corrected chi connectivity index (χ0v) is 16.5. The van der Waals surface area contributed by atoms with Gasteiger partial charge in [0, 0.05) is 32.3 Å². The smallest absolute Gasteiger partial charge is 0.356 e. The molecule has 1 aromatic heterocycles. The molecule has 1 fully saturated rings. The minimum atomic E-state index is -3.58. The molecular weight excluding hydrogens is 374 g/mol. The van der Waals surface area contributed by atoms with Crippen molar-refractivity contribution in [1.29, 1.82) is 0 Å². The summed E-state index contributed by atoms with van der Waals surface area (Å²) < 4.78 is 25.5. The molecule has 1 aliphatic carbocycles. The van der Waals surface area contributed by atoms with Crippen molar-refractivity contribution in [2.75, 3.05) is 19.7 Å². The van der Waals surface area contributed by atoms with Crippen LogP contribution in [0.5, 0.6) is 0 Å². The molecule has 0 radical (unpaired) electrons. The number of sulfone groups is 1. The van der Waals surface area contributed by atoms with Gasteiger partial charge in [-0.15, -0.1) is 0 Å². The molecule has 2 heterocycles. The van der Waals surface area contributed by atoms with Gasteiger partial charge in [0.05, 0.1) is 9.49 Å². The molecule has 150 valence electrons. The normalized spacial score (nSPS) is 19.1. The third-order valence-corrected chi connectivity index (χ3v) is 9.10. The fourth-order valence-electron chi connectivity index (χ4n) is 3.88. The Hall–Kier alpha value is -1.94. The molecule has 0 aromatic carbocycles. The van der Waals surface area contributed by atoms with Crippen LogP contribution in [0.2, 0.25) is 0 Å². The van der Waals surface area contributed by atoms with Gasteiger partial charge in [0.1, 0.15) is 5.69 Å². The Balaban J connectivity index is 1.88. The lowest BCUT2D eigenvalue weighted by molar-refractivity contribution is 0.0688. The van der Waals surface area contributed by atoms with Crippen LogP contribution in [0, 0.1) is 0 Å². The molecule has 0 bridgehead atoms. The fraction of sp³-hybridized carbons (Fsp3) is 0.706. The standard InChI is InChI=1S/C17H25N3O6S/c1-16(2,7-9-21)27(25,26)17(5-6-17)10-20-8-4-11-12(15(23)24)18-19(3)13(11)14(20)22/h21H,4-10H2,1-3H3,(H,23,24). The molecular formula is C17H25N3O6S. The first kappa shape index (κ1) is 19.8. The topological polar surface area (TPSA) is 130 Å². The highest BCUT2D eigenvalue weighted by molar-refractivity contribution is 7.94. The van der Waals surface area contributed by atoms with Crippen LogP contribution in [0.25, 0.3) is 0 Å². The molecule has 27 heavy (non-hydrogen) atoms. The average Bonchev–Trinajstić information content (AvgIpc) is 3.27. The monoisotopic (exact) mass is 399 g/mol. The highest BCUT2D eigenvalue weighted by Crippen LogP contribution is 2.50. The molecule has 2 aliphatic rings. The van der Waals surface area contributed by atoms with E-state index < -0.39 is 25.3 Å². The number of amides is 1. The molecule has 0 spiro atoms. The Morgan fingerprint density at radius 1 is 1.33 bits per heavy atom. The van der Waals surface area contributed by atoms with Gasteiger partial charge < -0.3 is 15.1 Å². The number of aryl methyl sites for hydroxylation is 1. The lowest BCUT2D eigenvalue weighted by Crippen LogP contribution is -2.50. The molecule has 10 heteroatoms. The van der Waals surface area contributed by atoms with Crippen LogP contribution in [-0.4, -0.2) is 74.4 Å². The summed E-state index contributed by atoms with van der Waals surface area (Å²) in [5, 5.41) is 22.4. The minimum absolute atomic E-state index is 0.0794. The molecule has 3 rings (SSSR count). The third-order valence-electron chi connectivity index (χ3n) is 5.77. The number of aromatic carboxylic acids is 1. The molecule has 2 N–H and O–H groups in total. The van der Waals surface area contributed by atoms with Gasteiger partial charge in [0.25, 0.3) is 5.91 Å². The van der Waals surface area contributed by atoms with Crippen molar-refractivity contribution in [1.82, 2.24) is 14.7 Å². The Labute approximate surface area is 157 Å². The van der Waals surface area contributed by atoms with Gasteiger partial charge in [-0.3, -0.25) is 9.48 Å². The van der Waals surface area contributed by atoms with E-state index in [4.69, 9.17) is 0 Å². The number of carboxylic acids is 1. The number of nitrogens with zero attached hydrogens (tertiary/aromatic N) is 3. The lowest BCUT2D eigenvalue weighted by Gasteiger charge is -2.35. The molecule has 0 atom stereocenters. The van der Waals surface area contributed by atoms with Crippen molar-refractivity contribution < 1.29 is 28.2 Å². The predicted octanol–water partition coefficient (Wildman–Crippen LogP) is 0.225. The van der Waals surface area contributed by atoms with E-state index in [0.717, 1.165) is 0 Å². The van der Waals surface area contributed by atoms with Gasteiger partial charge in [0.2, 0.25) is 0 Å². The highest BCUT2D eigenvalue weighted by Gasteiger charge is 2.60. The predicted molar refractivity (Wildman–Crippen MR) is 96.4 cm³/mol. The summed E-state index contributed by atoms with van der Waals surface area (Å²) in [7, 11) is -2.06. The maximum absolute atomic E-state index is 13.2. The maximum Gasteiger partial charge on any atom is 0.356 e. The molecule has 9 nitrogen and oxygen atoms in total. The van der Waals surface area contributed by atoms with E-state index in [0.29, 0.717) is 24.8 Å². The number of carbonyl (C=O) groups excluding carboxylic acids is 1. The van der Waals surface area contributed by atoms with Crippen molar-refractivity contribution >= 4 is 21.7 Å². The number of carbonyl (C=O) groups is 2. The summed E-state index contributed by atoms with van der Waals surface area (Å²) in [6, 6.07) is 0. The molecule has 0 saturated heterocycles.